The van der Waals surface area contributed by atoms with Crippen molar-refractivity contribution in [2.24, 2.45) is 0 Å². The van der Waals surface area contributed by atoms with Gasteiger partial charge in [0.15, 0.2) is 0 Å². The van der Waals surface area contributed by atoms with Crippen molar-refractivity contribution in [3.63, 3.8) is 0 Å². The zero-order valence-corrected chi connectivity index (χ0v) is 20.9. The fraction of sp³-hybridized carbons (Fsp3) is 0.407. The molecular formula is C27H33N3O6. The molecule has 2 N–H and O–H groups in total. The van der Waals surface area contributed by atoms with Crippen molar-refractivity contribution in [3.8, 4) is 0 Å². The molecule has 1 heterocycles. The maximum atomic E-state index is 13.1. The van der Waals surface area contributed by atoms with E-state index < -0.39 is 41.5 Å². The van der Waals surface area contributed by atoms with Crippen molar-refractivity contribution in [1.29, 1.82) is 0 Å². The lowest BCUT2D eigenvalue weighted by Crippen LogP contribution is -2.61. The van der Waals surface area contributed by atoms with Crippen LogP contribution in [0.5, 0.6) is 0 Å². The van der Waals surface area contributed by atoms with Crippen molar-refractivity contribution in [2.45, 2.75) is 57.3 Å². The topological polar surface area (TPSA) is 114 Å². The number of ether oxygens (including phenoxy) is 2. The Bertz CT molecular complexity index is 1060. The van der Waals surface area contributed by atoms with Crippen LogP contribution in [0.2, 0.25) is 0 Å². The normalized spacial score (nSPS) is 16.1. The largest absolute Gasteiger partial charge is 0.467 e. The number of benzene rings is 2. The molecule has 0 unspecified atom stereocenters. The maximum Gasteiger partial charge on any atom is 0.410 e. The van der Waals surface area contributed by atoms with E-state index in [0.717, 1.165) is 11.1 Å². The summed E-state index contributed by atoms with van der Waals surface area (Å²) in [6.07, 6.45) is 0.773. The number of hydrogen-bond acceptors (Lipinski definition) is 6. The molecule has 0 aromatic heterocycles. The maximum absolute atomic E-state index is 13.1. The molecule has 1 aliphatic heterocycles. The number of carbonyl (C=O) groups excluding carboxylic acids is 4. The van der Waals surface area contributed by atoms with Crippen LogP contribution >= 0.6 is 0 Å². The molecule has 2 atom stereocenters. The van der Waals surface area contributed by atoms with E-state index in [2.05, 4.69) is 10.6 Å². The molecule has 9 nitrogen and oxygen atoms in total. The molecule has 0 radical (unpaired) electrons. The third kappa shape index (κ3) is 7.07. The van der Waals surface area contributed by atoms with Crippen LogP contribution in [0.1, 0.15) is 37.8 Å². The fourth-order valence-electron chi connectivity index (χ4n) is 4.03. The molecule has 192 valence electrons. The van der Waals surface area contributed by atoms with Gasteiger partial charge < -0.3 is 20.1 Å². The van der Waals surface area contributed by atoms with Crippen LogP contribution in [-0.2, 0) is 36.9 Å². The van der Waals surface area contributed by atoms with Crippen LogP contribution in [0, 0.1) is 0 Å². The van der Waals surface area contributed by atoms with Crippen molar-refractivity contribution in [2.75, 3.05) is 13.7 Å². The number of likely N-dealkylation sites (tertiary alicyclic amines) is 1. The summed E-state index contributed by atoms with van der Waals surface area (Å²) in [6, 6.07) is 16.8. The first-order valence-corrected chi connectivity index (χ1v) is 11.9. The van der Waals surface area contributed by atoms with E-state index in [1.165, 1.54) is 12.0 Å². The van der Waals surface area contributed by atoms with Gasteiger partial charge in [0.1, 0.15) is 24.2 Å². The average Bonchev–Trinajstić information content (AvgIpc) is 3.38. The molecule has 3 amide bonds. The van der Waals surface area contributed by atoms with Gasteiger partial charge in [0.2, 0.25) is 11.8 Å². The van der Waals surface area contributed by atoms with Crippen LogP contribution in [0.4, 0.5) is 4.79 Å². The van der Waals surface area contributed by atoms with E-state index in [0.29, 0.717) is 19.4 Å². The first-order chi connectivity index (χ1) is 17.2. The molecule has 0 aliphatic carbocycles. The Morgan fingerprint density at radius 1 is 1.00 bits per heavy atom. The van der Waals surface area contributed by atoms with E-state index in [9.17, 15) is 19.2 Å². The second kappa shape index (κ2) is 12.2. The second-order valence-electron chi connectivity index (χ2n) is 9.24. The van der Waals surface area contributed by atoms with Crippen LogP contribution in [0.3, 0.4) is 0 Å². The third-order valence-corrected chi connectivity index (χ3v) is 6.07. The number of hydrogen-bond donors (Lipinski definition) is 2. The summed E-state index contributed by atoms with van der Waals surface area (Å²) < 4.78 is 10.3. The highest BCUT2D eigenvalue weighted by Gasteiger charge is 2.40. The van der Waals surface area contributed by atoms with Crippen molar-refractivity contribution in [1.82, 2.24) is 15.5 Å². The summed E-state index contributed by atoms with van der Waals surface area (Å²) >= 11 is 0. The molecule has 36 heavy (non-hydrogen) atoms. The first-order valence-electron chi connectivity index (χ1n) is 11.9. The Morgan fingerprint density at radius 2 is 1.61 bits per heavy atom. The van der Waals surface area contributed by atoms with Crippen LogP contribution < -0.4 is 10.6 Å². The highest BCUT2D eigenvalue weighted by molar-refractivity contribution is 5.95. The molecule has 2 aromatic rings. The monoisotopic (exact) mass is 495 g/mol. The van der Waals surface area contributed by atoms with Crippen molar-refractivity contribution < 1.29 is 28.7 Å². The van der Waals surface area contributed by atoms with Gasteiger partial charge in [-0.05, 0) is 37.8 Å². The lowest BCUT2D eigenvalue weighted by atomic mass is 10.0. The minimum absolute atomic E-state index is 0.106. The molecular weight excluding hydrogens is 462 g/mol. The number of amides is 3. The smallest absolute Gasteiger partial charge is 0.410 e. The molecule has 1 aliphatic rings. The number of methoxy groups -OCH3 is 1. The van der Waals surface area contributed by atoms with Crippen molar-refractivity contribution in [3.05, 3.63) is 71.8 Å². The summed E-state index contributed by atoms with van der Waals surface area (Å²) in [7, 11) is 1.25. The molecule has 0 saturated carbocycles. The Balaban J connectivity index is 1.60. The molecule has 1 fully saturated rings. The van der Waals surface area contributed by atoms with Crippen molar-refractivity contribution >= 4 is 23.9 Å². The summed E-state index contributed by atoms with van der Waals surface area (Å²) in [6.45, 7) is 3.59. The third-order valence-electron chi connectivity index (χ3n) is 6.07. The Kier molecular flexibility index (Phi) is 9.05. The van der Waals surface area contributed by atoms with E-state index in [-0.39, 0.29) is 13.0 Å². The summed E-state index contributed by atoms with van der Waals surface area (Å²) in [5.41, 5.74) is 0.354. The van der Waals surface area contributed by atoms with Gasteiger partial charge in [0, 0.05) is 13.0 Å². The fourth-order valence-corrected chi connectivity index (χ4v) is 4.03. The summed E-state index contributed by atoms with van der Waals surface area (Å²) in [4.78, 5) is 52.5. The zero-order chi connectivity index (χ0) is 26.1. The number of nitrogens with zero attached hydrogens (tertiary/aromatic N) is 1. The first kappa shape index (κ1) is 26.7. The van der Waals surface area contributed by atoms with Gasteiger partial charge in [-0.1, -0.05) is 60.7 Å². The summed E-state index contributed by atoms with van der Waals surface area (Å²) in [5.74, 6) is -1.59. The van der Waals surface area contributed by atoms with Gasteiger partial charge in [-0.25, -0.2) is 9.59 Å². The predicted molar refractivity (Wildman–Crippen MR) is 133 cm³/mol. The highest BCUT2D eigenvalue weighted by Crippen LogP contribution is 2.20. The molecule has 3 rings (SSSR count). The molecule has 0 spiro atoms. The second-order valence-corrected chi connectivity index (χ2v) is 9.24. The number of carbonyl (C=O) groups is 4. The molecule has 2 aromatic carbocycles. The van der Waals surface area contributed by atoms with Gasteiger partial charge in [0.25, 0.3) is 0 Å². The SMILES string of the molecule is COC(=O)[C@H](Cc1ccccc1)NC(=O)C(C)(C)NC(=O)[C@H]1CCCN1C(=O)OCc1ccccc1. The lowest BCUT2D eigenvalue weighted by molar-refractivity contribution is -0.146. The van der Waals surface area contributed by atoms with Gasteiger partial charge in [-0.3, -0.25) is 14.5 Å². The Labute approximate surface area is 211 Å². The highest BCUT2D eigenvalue weighted by atomic mass is 16.6. The molecule has 1 saturated heterocycles. The van der Waals surface area contributed by atoms with Crippen LogP contribution in [0.25, 0.3) is 0 Å². The average molecular weight is 496 g/mol. The predicted octanol–water partition coefficient (Wildman–Crippen LogP) is 2.58. The van der Waals surface area contributed by atoms with Gasteiger partial charge in [0.05, 0.1) is 7.11 Å². The zero-order valence-electron chi connectivity index (χ0n) is 20.9. The molecule has 0 bridgehead atoms. The van der Waals surface area contributed by atoms with Gasteiger partial charge in [-0.15, -0.1) is 0 Å². The number of esters is 1. The Morgan fingerprint density at radius 3 is 2.22 bits per heavy atom. The van der Waals surface area contributed by atoms with E-state index in [1.54, 1.807) is 13.8 Å². The number of rotatable bonds is 9. The lowest BCUT2D eigenvalue weighted by Gasteiger charge is -2.30. The van der Waals surface area contributed by atoms with Gasteiger partial charge >= 0.3 is 12.1 Å². The minimum atomic E-state index is -1.34. The van der Waals surface area contributed by atoms with E-state index in [4.69, 9.17) is 9.47 Å². The van der Waals surface area contributed by atoms with E-state index in [1.807, 2.05) is 60.7 Å². The standard InChI is InChI=1S/C27H33N3O6/c1-27(2,25(33)28-21(24(32)35-3)17-19-11-6-4-7-12-19)29-23(31)22-15-10-16-30(22)26(34)36-18-20-13-8-5-9-14-20/h4-9,11-14,21-22H,10,15-18H2,1-3H3,(H,28,33)(H,29,31)/t21-,22+/m0/s1. The van der Waals surface area contributed by atoms with Crippen LogP contribution in [-0.4, -0.2) is 60.1 Å². The number of nitrogens with one attached hydrogen (secondary N) is 2. The molecule has 9 heteroatoms. The summed E-state index contributed by atoms with van der Waals surface area (Å²) in [5, 5.41) is 5.42. The van der Waals surface area contributed by atoms with E-state index >= 15 is 0 Å². The Hall–Kier alpha value is -3.88. The van der Waals surface area contributed by atoms with Gasteiger partial charge in [-0.2, -0.15) is 0 Å². The quantitative estimate of drug-likeness (QED) is 0.517. The minimum Gasteiger partial charge on any atom is -0.467 e. The van der Waals surface area contributed by atoms with Crippen LogP contribution in [0.15, 0.2) is 60.7 Å².